The van der Waals surface area contributed by atoms with Crippen LogP contribution in [0.5, 0.6) is 0 Å². The Balaban J connectivity index is 2.54. The minimum atomic E-state index is -0.661. The van der Waals surface area contributed by atoms with Crippen LogP contribution in [0.4, 0.5) is 0 Å². The van der Waals surface area contributed by atoms with Crippen molar-refractivity contribution in [2.24, 2.45) is 0 Å². The molecule has 74 valence electrons. The molecule has 0 bridgehead atoms. The van der Waals surface area contributed by atoms with E-state index in [1.807, 2.05) is 0 Å². The average Bonchev–Trinajstić information content (AvgIpc) is 2.11. The van der Waals surface area contributed by atoms with E-state index >= 15 is 0 Å². The first-order valence-electron chi connectivity index (χ1n) is 4.22. The maximum absolute atomic E-state index is 11.2. The van der Waals surface area contributed by atoms with Gasteiger partial charge in [-0.3, -0.25) is 14.5 Å². The van der Waals surface area contributed by atoms with E-state index in [4.69, 9.17) is 0 Å². The highest BCUT2D eigenvalue weighted by molar-refractivity contribution is 9.09. The number of hydrogen-bond donors (Lipinski definition) is 1. The van der Waals surface area contributed by atoms with E-state index in [9.17, 15) is 14.7 Å². The van der Waals surface area contributed by atoms with E-state index < -0.39 is 6.10 Å². The molecule has 0 aromatic rings. The van der Waals surface area contributed by atoms with Gasteiger partial charge in [-0.2, -0.15) is 0 Å². The number of rotatable bonds is 3. The first-order chi connectivity index (χ1) is 6.15. The lowest BCUT2D eigenvalue weighted by Gasteiger charge is -2.26. The van der Waals surface area contributed by atoms with E-state index in [-0.39, 0.29) is 18.4 Å². The third-order valence-corrected chi connectivity index (χ3v) is 2.70. The number of hydrogen-bond acceptors (Lipinski definition) is 3. The molecule has 2 amide bonds. The van der Waals surface area contributed by atoms with Crippen LogP contribution in [-0.4, -0.2) is 39.8 Å². The lowest BCUT2D eigenvalue weighted by Crippen LogP contribution is -2.44. The van der Waals surface area contributed by atoms with Crippen molar-refractivity contribution in [3.63, 3.8) is 0 Å². The molecular weight excluding hydrogens is 238 g/mol. The molecule has 1 saturated heterocycles. The van der Waals surface area contributed by atoms with Gasteiger partial charge >= 0.3 is 0 Å². The van der Waals surface area contributed by atoms with Crippen LogP contribution in [0, 0.1) is 0 Å². The normalized spacial score (nSPS) is 20.6. The maximum atomic E-state index is 11.2. The summed E-state index contributed by atoms with van der Waals surface area (Å²) in [6.07, 6.45) is 0.811. The van der Waals surface area contributed by atoms with E-state index in [1.165, 1.54) is 0 Å². The Morgan fingerprint density at radius 3 is 2.38 bits per heavy atom. The molecule has 1 fully saturated rings. The highest BCUT2D eigenvalue weighted by Gasteiger charge is 2.27. The quantitative estimate of drug-likeness (QED) is 0.578. The molecule has 0 saturated carbocycles. The summed E-state index contributed by atoms with van der Waals surface area (Å²) in [5.41, 5.74) is 0. The number of likely N-dealkylation sites (tertiary alicyclic amines) is 1. The zero-order valence-electron chi connectivity index (χ0n) is 7.20. The number of alkyl halides is 1. The van der Waals surface area contributed by atoms with Gasteiger partial charge in [-0.25, -0.2) is 0 Å². The molecule has 0 spiro atoms. The average molecular weight is 250 g/mol. The number of nitrogens with zero attached hydrogens (tertiary/aromatic N) is 1. The van der Waals surface area contributed by atoms with Crippen molar-refractivity contribution in [1.82, 2.24) is 4.90 Å². The topological polar surface area (TPSA) is 57.6 Å². The molecule has 1 atom stereocenters. The third-order valence-electron chi connectivity index (χ3n) is 1.95. The SMILES string of the molecule is O=C1CCCC(=O)N1CC(O)CBr. The second-order valence-corrected chi connectivity index (χ2v) is 3.71. The van der Waals surface area contributed by atoms with Gasteiger partial charge in [-0.05, 0) is 6.42 Å². The number of halogens is 1. The van der Waals surface area contributed by atoms with Crippen LogP contribution in [0.2, 0.25) is 0 Å². The Morgan fingerprint density at radius 2 is 1.92 bits per heavy atom. The van der Waals surface area contributed by atoms with E-state index in [0.29, 0.717) is 24.6 Å². The van der Waals surface area contributed by atoms with E-state index in [0.717, 1.165) is 4.90 Å². The van der Waals surface area contributed by atoms with Crippen molar-refractivity contribution >= 4 is 27.7 Å². The number of aliphatic hydroxyl groups is 1. The highest BCUT2D eigenvalue weighted by Crippen LogP contribution is 2.12. The lowest BCUT2D eigenvalue weighted by atomic mass is 10.1. The number of piperidine rings is 1. The van der Waals surface area contributed by atoms with Crippen molar-refractivity contribution in [1.29, 1.82) is 0 Å². The molecule has 0 radical (unpaired) electrons. The molecule has 5 heteroatoms. The fraction of sp³-hybridized carbons (Fsp3) is 0.750. The molecule has 1 heterocycles. The van der Waals surface area contributed by atoms with Crippen molar-refractivity contribution in [3.8, 4) is 0 Å². The van der Waals surface area contributed by atoms with E-state index in [1.54, 1.807) is 0 Å². The summed E-state index contributed by atoms with van der Waals surface area (Å²) in [6.45, 7) is 0.114. The fourth-order valence-corrected chi connectivity index (χ4v) is 1.47. The van der Waals surface area contributed by atoms with Gasteiger partial charge in [0.1, 0.15) is 0 Å². The van der Waals surface area contributed by atoms with Gasteiger partial charge in [-0.1, -0.05) is 15.9 Å². The van der Waals surface area contributed by atoms with Gasteiger partial charge in [0.2, 0.25) is 11.8 Å². The van der Waals surface area contributed by atoms with Gasteiger partial charge in [0.15, 0.2) is 0 Å². The van der Waals surface area contributed by atoms with Crippen LogP contribution < -0.4 is 0 Å². The fourth-order valence-electron chi connectivity index (χ4n) is 1.26. The molecule has 4 nitrogen and oxygen atoms in total. The van der Waals surface area contributed by atoms with Crippen molar-refractivity contribution in [2.45, 2.75) is 25.4 Å². The zero-order valence-corrected chi connectivity index (χ0v) is 8.79. The molecule has 1 rings (SSSR count). The number of carbonyl (C=O) groups excluding carboxylic acids is 2. The molecule has 1 aliphatic rings. The predicted molar refractivity (Wildman–Crippen MR) is 50.4 cm³/mol. The van der Waals surface area contributed by atoms with E-state index in [2.05, 4.69) is 15.9 Å². The molecule has 1 aliphatic heterocycles. The molecule has 0 aromatic heterocycles. The molecule has 0 aromatic carbocycles. The summed E-state index contributed by atoms with van der Waals surface area (Å²) in [5, 5.41) is 9.63. The van der Waals surface area contributed by atoms with Crippen LogP contribution in [-0.2, 0) is 9.59 Å². The second-order valence-electron chi connectivity index (χ2n) is 3.06. The standard InChI is InChI=1S/C8H12BrNO3/c9-4-6(11)5-10-7(12)2-1-3-8(10)13/h6,11H,1-5H2. The summed E-state index contributed by atoms with van der Waals surface area (Å²) in [5.74, 6) is -0.340. The third kappa shape index (κ3) is 2.77. The largest absolute Gasteiger partial charge is 0.390 e. The van der Waals surface area contributed by atoms with Gasteiger partial charge in [0, 0.05) is 18.2 Å². The van der Waals surface area contributed by atoms with Gasteiger partial charge in [0.25, 0.3) is 0 Å². The predicted octanol–water partition coefficient (Wildman–Crippen LogP) is 0.281. The summed E-state index contributed by atoms with van der Waals surface area (Å²) in [4.78, 5) is 23.6. The maximum Gasteiger partial charge on any atom is 0.229 e. The van der Waals surface area contributed by atoms with Gasteiger partial charge < -0.3 is 5.11 Å². The number of amides is 2. The van der Waals surface area contributed by atoms with Crippen molar-refractivity contribution < 1.29 is 14.7 Å². The number of aliphatic hydroxyl groups excluding tert-OH is 1. The van der Waals surface area contributed by atoms with Crippen molar-refractivity contribution in [3.05, 3.63) is 0 Å². The molecule has 13 heavy (non-hydrogen) atoms. The Kier molecular flexibility index (Phi) is 3.87. The van der Waals surface area contributed by atoms with Crippen LogP contribution in [0.1, 0.15) is 19.3 Å². The highest BCUT2D eigenvalue weighted by atomic mass is 79.9. The Labute approximate surface area is 85.0 Å². The summed E-state index contributed by atoms with van der Waals surface area (Å²) >= 11 is 3.08. The van der Waals surface area contributed by atoms with Crippen LogP contribution in [0.25, 0.3) is 0 Å². The molecular formula is C8H12BrNO3. The summed E-state index contributed by atoms with van der Waals surface area (Å²) < 4.78 is 0. The van der Waals surface area contributed by atoms with Crippen LogP contribution in [0.3, 0.4) is 0 Å². The monoisotopic (exact) mass is 249 g/mol. The first-order valence-corrected chi connectivity index (χ1v) is 5.34. The van der Waals surface area contributed by atoms with Gasteiger partial charge in [-0.15, -0.1) is 0 Å². The Morgan fingerprint density at radius 1 is 1.38 bits per heavy atom. The van der Waals surface area contributed by atoms with Gasteiger partial charge in [0.05, 0.1) is 12.6 Å². The molecule has 1 unspecified atom stereocenters. The minimum Gasteiger partial charge on any atom is -0.390 e. The Bertz CT molecular complexity index is 203. The van der Waals surface area contributed by atoms with Crippen LogP contribution >= 0.6 is 15.9 Å². The minimum absolute atomic E-state index is 0.114. The summed E-state index contributed by atoms with van der Waals surface area (Å²) in [6, 6.07) is 0. The zero-order chi connectivity index (χ0) is 9.84. The molecule has 0 aliphatic carbocycles. The smallest absolute Gasteiger partial charge is 0.229 e. The second kappa shape index (κ2) is 4.72. The van der Waals surface area contributed by atoms with Crippen LogP contribution in [0.15, 0.2) is 0 Å². The Hall–Kier alpha value is -0.420. The number of imide groups is 1. The number of β-amino-alcohol motifs (C(OH)–C–C–N with tert-alkyl or cyclic N) is 1. The first kappa shape index (κ1) is 10.7. The lowest BCUT2D eigenvalue weighted by molar-refractivity contribution is -0.149. The number of carbonyl (C=O) groups is 2. The van der Waals surface area contributed by atoms with Crippen molar-refractivity contribution in [2.75, 3.05) is 11.9 Å². The molecule has 1 N–H and O–H groups in total. The summed E-state index contributed by atoms with van der Waals surface area (Å²) in [7, 11) is 0.